The zero-order valence-corrected chi connectivity index (χ0v) is 30.6. The number of rotatable bonds is 11. The fraction of sp³-hybridized carbons (Fsp3) is 0.359. The number of benzene rings is 1. The number of fused-ring (bicyclic) bond motifs is 1. The number of allylic oxidation sites excluding steroid dienone is 2. The average molecular weight is 800 g/mol. The van der Waals surface area contributed by atoms with Gasteiger partial charge in [-0.15, -0.1) is 0 Å². The molecular formula is C39H36F7N7O4. The van der Waals surface area contributed by atoms with Crippen molar-refractivity contribution in [2.24, 2.45) is 5.92 Å². The number of ether oxygens (including phenoxy) is 1. The van der Waals surface area contributed by atoms with Crippen LogP contribution < -0.4 is 16.0 Å². The molecule has 0 radical (unpaired) electrons. The summed E-state index contributed by atoms with van der Waals surface area (Å²) in [6.07, 6.45) is -1.96. The van der Waals surface area contributed by atoms with Crippen LogP contribution in [0.4, 0.5) is 30.7 Å². The standard InChI is InChI=1S/C39H36F7N7O4/c1-20-15-38(42,43)34(31(20)33(47)39(44,45)46)49-16-30(54)52-29(12-21-10-23(40)14-24(41)11-21)32-27(5-4-25(50-32)6-7-37(2,3)56)22-13-28(35-48-8-9-53(35)17-22)36(55)51-26-18-57-19-26/h4-5,8-11,13-14,17,20,26,29,47,49,56H,12,15-16,18-19H2,1-3H3,(H,51,55)(H,52,54)/t20-,29?/m0/s1. The van der Waals surface area contributed by atoms with E-state index in [-0.39, 0.29) is 40.5 Å². The molecule has 0 bridgehead atoms. The molecule has 1 aromatic carbocycles. The van der Waals surface area contributed by atoms with Gasteiger partial charge in [-0.2, -0.15) is 22.0 Å². The molecule has 5 N–H and O–H groups in total. The molecular weight excluding hydrogens is 763 g/mol. The van der Waals surface area contributed by atoms with Crippen molar-refractivity contribution in [2.45, 2.75) is 63.4 Å². The predicted molar refractivity (Wildman–Crippen MR) is 192 cm³/mol. The van der Waals surface area contributed by atoms with E-state index in [9.17, 15) is 36.6 Å². The van der Waals surface area contributed by atoms with Crippen LogP contribution in [0.3, 0.4) is 0 Å². The molecule has 2 aliphatic rings. The highest BCUT2D eigenvalue weighted by Crippen LogP contribution is 2.45. The van der Waals surface area contributed by atoms with Crippen molar-refractivity contribution in [1.82, 2.24) is 30.3 Å². The highest BCUT2D eigenvalue weighted by Gasteiger charge is 2.51. The Kier molecular flexibility index (Phi) is 11.2. The topological polar surface area (TPSA) is 154 Å². The molecule has 300 valence electrons. The molecule has 1 unspecified atom stereocenters. The first kappa shape index (κ1) is 40.9. The van der Waals surface area contributed by atoms with Crippen LogP contribution in [0.1, 0.15) is 60.5 Å². The van der Waals surface area contributed by atoms with Gasteiger partial charge in [-0.1, -0.05) is 12.8 Å². The summed E-state index contributed by atoms with van der Waals surface area (Å²) in [6, 6.07) is 5.65. The van der Waals surface area contributed by atoms with Crippen molar-refractivity contribution in [3.8, 4) is 23.0 Å². The number of hydrogen-bond donors (Lipinski definition) is 5. The van der Waals surface area contributed by atoms with Crippen molar-refractivity contribution in [3.05, 3.63) is 100 Å². The second-order valence-corrected chi connectivity index (χ2v) is 14.4. The van der Waals surface area contributed by atoms with E-state index in [1.807, 2.05) is 0 Å². The molecule has 4 aromatic rings. The van der Waals surface area contributed by atoms with E-state index in [1.54, 1.807) is 22.9 Å². The van der Waals surface area contributed by atoms with Gasteiger partial charge in [-0.25, -0.2) is 18.7 Å². The molecule has 11 nitrogen and oxygen atoms in total. The molecule has 0 spiro atoms. The summed E-state index contributed by atoms with van der Waals surface area (Å²) < 4.78 is 106. The van der Waals surface area contributed by atoms with Gasteiger partial charge in [0, 0.05) is 47.8 Å². The van der Waals surface area contributed by atoms with Gasteiger partial charge in [0.2, 0.25) is 5.91 Å². The van der Waals surface area contributed by atoms with Crippen LogP contribution in [0, 0.1) is 34.8 Å². The molecule has 3 aromatic heterocycles. The number of aliphatic hydroxyl groups is 1. The van der Waals surface area contributed by atoms with Crippen LogP contribution in [0.25, 0.3) is 16.8 Å². The Bertz CT molecular complexity index is 2320. The Hall–Kier alpha value is -5.80. The van der Waals surface area contributed by atoms with E-state index < -0.39 is 83.1 Å². The van der Waals surface area contributed by atoms with E-state index in [2.05, 4.69) is 37.8 Å². The smallest absolute Gasteiger partial charge is 0.378 e. The summed E-state index contributed by atoms with van der Waals surface area (Å²) in [4.78, 5) is 36.1. The average Bonchev–Trinajstić information content (AvgIpc) is 3.65. The van der Waals surface area contributed by atoms with Gasteiger partial charge < -0.3 is 30.2 Å². The summed E-state index contributed by atoms with van der Waals surface area (Å²) in [5.41, 5.74) is -4.43. The lowest BCUT2D eigenvalue weighted by Gasteiger charge is -2.27. The molecule has 1 fully saturated rings. The monoisotopic (exact) mass is 799 g/mol. The molecule has 0 saturated carbocycles. The van der Waals surface area contributed by atoms with Crippen LogP contribution in [0.15, 0.2) is 66.3 Å². The van der Waals surface area contributed by atoms with Gasteiger partial charge in [0.1, 0.15) is 34.3 Å². The molecule has 6 rings (SSSR count). The van der Waals surface area contributed by atoms with Crippen molar-refractivity contribution in [2.75, 3.05) is 19.8 Å². The van der Waals surface area contributed by atoms with Crippen LogP contribution in [-0.4, -0.2) is 80.5 Å². The lowest BCUT2D eigenvalue weighted by Crippen LogP contribution is -2.48. The Morgan fingerprint density at radius 1 is 1.12 bits per heavy atom. The van der Waals surface area contributed by atoms with Crippen LogP contribution >= 0.6 is 0 Å². The maximum Gasteiger partial charge on any atom is 0.433 e. The number of pyridine rings is 2. The van der Waals surface area contributed by atoms with Crippen LogP contribution in [0.2, 0.25) is 0 Å². The van der Waals surface area contributed by atoms with Gasteiger partial charge >= 0.3 is 6.18 Å². The van der Waals surface area contributed by atoms with E-state index in [4.69, 9.17) is 10.1 Å². The third-order valence-corrected chi connectivity index (χ3v) is 9.13. The second kappa shape index (κ2) is 15.6. The number of amides is 2. The molecule has 57 heavy (non-hydrogen) atoms. The first-order valence-corrected chi connectivity index (χ1v) is 17.6. The van der Waals surface area contributed by atoms with Crippen molar-refractivity contribution < 1.29 is 50.2 Å². The van der Waals surface area contributed by atoms with Gasteiger partial charge in [-0.05, 0) is 68.0 Å². The minimum absolute atomic E-state index is 0.0207. The second-order valence-electron chi connectivity index (χ2n) is 14.4. The van der Waals surface area contributed by atoms with Crippen molar-refractivity contribution in [1.29, 1.82) is 5.41 Å². The Morgan fingerprint density at radius 3 is 2.46 bits per heavy atom. The maximum atomic E-state index is 15.0. The largest absolute Gasteiger partial charge is 0.433 e. The SMILES string of the molecule is C[C@H]1CC(F)(F)C(NCC(=O)NC(Cc2cc(F)cc(F)c2)c2nc(C#CC(C)(C)O)ccc2-c2cc(C(=O)NC3COC3)c3nccn3c2)=C1C(=N)C(F)(F)F. The number of carbonyl (C=O) groups excluding carboxylic acids is 2. The third kappa shape index (κ3) is 9.43. The molecule has 18 heteroatoms. The summed E-state index contributed by atoms with van der Waals surface area (Å²) in [7, 11) is 0. The number of alkyl halides is 5. The molecule has 1 saturated heterocycles. The molecule has 4 heterocycles. The number of hydrogen-bond acceptors (Lipinski definition) is 8. The van der Waals surface area contributed by atoms with Gasteiger partial charge in [0.25, 0.3) is 11.8 Å². The predicted octanol–water partition coefficient (Wildman–Crippen LogP) is 5.43. The van der Waals surface area contributed by atoms with Gasteiger partial charge in [0.05, 0.1) is 48.8 Å². The van der Waals surface area contributed by atoms with E-state index in [0.717, 1.165) is 19.1 Å². The Morgan fingerprint density at radius 2 is 1.82 bits per heavy atom. The molecule has 1 aliphatic heterocycles. The zero-order chi connectivity index (χ0) is 41.4. The summed E-state index contributed by atoms with van der Waals surface area (Å²) in [5.74, 6) is -3.23. The summed E-state index contributed by atoms with van der Waals surface area (Å²) in [6.45, 7) is 3.61. The Balaban J connectivity index is 1.45. The summed E-state index contributed by atoms with van der Waals surface area (Å²) in [5, 5.41) is 25.5. The maximum absolute atomic E-state index is 15.0. The summed E-state index contributed by atoms with van der Waals surface area (Å²) >= 11 is 0. The van der Waals surface area contributed by atoms with Gasteiger partial charge in [-0.3, -0.25) is 15.0 Å². The van der Waals surface area contributed by atoms with Gasteiger partial charge in [0.15, 0.2) is 0 Å². The minimum atomic E-state index is -5.24. The number of imidazole rings is 1. The first-order chi connectivity index (χ1) is 26.7. The lowest BCUT2D eigenvalue weighted by molar-refractivity contribution is -0.121. The zero-order valence-electron chi connectivity index (χ0n) is 30.6. The van der Waals surface area contributed by atoms with Crippen LogP contribution in [-0.2, 0) is 16.0 Å². The van der Waals surface area contributed by atoms with Crippen molar-refractivity contribution >= 4 is 23.2 Å². The normalized spacial score (nSPS) is 17.4. The molecule has 2 atom stereocenters. The van der Waals surface area contributed by atoms with E-state index in [0.29, 0.717) is 30.5 Å². The quantitative estimate of drug-likeness (QED) is 0.0772. The molecule has 1 aliphatic carbocycles. The number of nitrogens with one attached hydrogen (secondary N) is 4. The van der Waals surface area contributed by atoms with Crippen LogP contribution in [0.5, 0.6) is 0 Å². The minimum Gasteiger partial charge on any atom is -0.378 e. The number of carbonyl (C=O) groups is 2. The first-order valence-electron chi connectivity index (χ1n) is 17.6. The van der Waals surface area contributed by atoms with E-state index >= 15 is 8.78 Å². The van der Waals surface area contributed by atoms with E-state index in [1.165, 1.54) is 32.2 Å². The number of aromatic nitrogens is 3. The fourth-order valence-electron chi connectivity index (χ4n) is 6.58. The fourth-order valence-corrected chi connectivity index (χ4v) is 6.58. The third-order valence-electron chi connectivity index (χ3n) is 9.13. The van der Waals surface area contributed by atoms with Crippen molar-refractivity contribution in [3.63, 3.8) is 0 Å². The lowest BCUT2D eigenvalue weighted by atomic mass is 9.94. The highest BCUT2D eigenvalue weighted by atomic mass is 19.4. The number of halogens is 7. The number of nitrogens with zero attached hydrogens (tertiary/aromatic N) is 3. The highest BCUT2D eigenvalue weighted by molar-refractivity contribution is 6.03. The molecule has 2 amide bonds. The Labute approximate surface area is 321 Å².